The fraction of sp³-hybridized carbons (Fsp3) is 0.500. The average Bonchev–Trinajstić information content (AvgIpc) is 2.33. The summed E-state index contributed by atoms with van der Waals surface area (Å²) < 4.78 is 18.4. The Bertz CT molecular complexity index is 470. The Hall–Kier alpha value is -1.62. The molecule has 1 amide bonds. The molecule has 5 heteroatoms. The first-order valence-electron chi connectivity index (χ1n) is 6.30. The molecular formula is C14H18FNO3. The van der Waals surface area contributed by atoms with E-state index in [0.717, 1.165) is 0 Å². The van der Waals surface area contributed by atoms with Crippen LogP contribution in [0.15, 0.2) is 24.3 Å². The second-order valence-electron chi connectivity index (χ2n) is 5.23. The van der Waals surface area contributed by atoms with E-state index >= 15 is 0 Å². The fourth-order valence-electron chi connectivity index (χ4n) is 1.95. The minimum Gasteiger partial charge on any atom is -0.481 e. The number of para-hydroxylation sites is 1. The highest BCUT2D eigenvalue weighted by Crippen LogP contribution is 2.28. The highest BCUT2D eigenvalue weighted by atomic mass is 19.1. The lowest BCUT2D eigenvalue weighted by Crippen LogP contribution is -2.66. The number of benzene rings is 1. The van der Waals surface area contributed by atoms with Gasteiger partial charge in [-0.05, 0) is 18.1 Å². The van der Waals surface area contributed by atoms with E-state index in [9.17, 15) is 14.3 Å². The number of ether oxygens (including phenoxy) is 1. The molecule has 4 nitrogen and oxygen atoms in total. The van der Waals surface area contributed by atoms with Gasteiger partial charge in [-0.2, -0.15) is 0 Å². The van der Waals surface area contributed by atoms with Gasteiger partial charge in [-0.25, -0.2) is 4.39 Å². The molecule has 0 saturated carbocycles. The highest BCUT2D eigenvalue weighted by Gasteiger charge is 2.45. The third-order valence-corrected chi connectivity index (χ3v) is 3.54. The van der Waals surface area contributed by atoms with E-state index in [1.807, 2.05) is 13.8 Å². The van der Waals surface area contributed by atoms with Crippen molar-refractivity contribution in [2.45, 2.75) is 19.4 Å². The summed E-state index contributed by atoms with van der Waals surface area (Å²) in [6, 6.07) is 5.95. The summed E-state index contributed by atoms with van der Waals surface area (Å²) in [6.45, 7) is 4.23. The first-order valence-corrected chi connectivity index (χ1v) is 6.30. The summed E-state index contributed by atoms with van der Waals surface area (Å²) in [6.07, 6.45) is 0. The van der Waals surface area contributed by atoms with Crippen LogP contribution in [0.2, 0.25) is 0 Å². The van der Waals surface area contributed by atoms with Crippen LogP contribution in [0, 0.1) is 11.7 Å². The molecule has 19 heavy (non-hydrogen) atoms. The lowest BCUT2D eigenvalue weighted by molar-refractivity contribution is -0.165. The molecule has 0 aliphatic carbocycles. The number of hydrogen-bond donors (Lipinski definition) is 1. The van der Waals surface area contributed by atoms with Crippen molar-refractivity contribution in [3.8, 4) is 5.75 Å². The van der Waals surface area contributed by atoms with Crippen molar-refractivity contribution in [1.29, 1.82) is 0 Å². The van der Waals surface area contributed by atoms with Gasteiger partial charge in [0.1, 0.15) is 5.60 Å². The number of halogens is 1. The smallest absolute Gasteiger partial charge is 0.260 e. The van der Waals surface area contributed by atoms with Crippen LogP contribution >= 0.6 is 0 Å². The third kappa shape index (κ3) is 2.87. The van der Waals surface area contributed by atoms with Gasteiger partial charge in [-0.3, -0.25) is 4.79 Å². The number of carbonyl (C=O) groups excluding carboxylic acids is 1. The van der Waals surface area contributed by atoms with Crippen LogP contribution in [0.25, 0.3) is 0 Å². The molecule has 1 fully saturated rings. The first-order chi connectivity index (χ1) is 8.92. The van der Waals surface area contributed by atoms with E-state index in [-0.39, 0.29) is 24.2 Å². The van der Waals surface area contributed by atoms with Crippen molar-refractivity contribution in [2.75, 3.05) is 19.7 Å². The molecule has 0 unspecified atom stereocenters. The SMILES string of the molecule is CC(C)C1(O)CN(C(=O)COc2ccccc2F)C1. The van der Waals surface area contributed by atoms with Gasteiger partial charge in [0.25, 0.3) is 5.91 Å². The molecular weight excluding hydrogens is 249 g/mol. The number of β-amino-alcohol motifs (C(OH)–C–C–N with tert-alkyl or cyclic N) is 1. The van der Waals surface area contributed by atoms with E-state index in [4.69, 9.17) is 4.74 Å². The van der Waals surface area contributed by atoms with Gasteiger partial charge in [0.15, 0.2) is 18.2 Å². The summed E-state index contributed by atoms with van der Waals surface area (Å²) in [5.41, 5.74) is -0.798. The Morgan fingerprint density at radius 3 is 2.68 bits per heavy atom. The van der Waals surface area contributed by atoms with Crippen molar-refractivity contribution in [3.63, 3.8) is 0 Å². The Kier molecular flexibility index (Phi) is 3.75. The van der Waals surface area contributed by atoms with Crippen molar-refractivity contribution in [1.82, 2.24) is 4.90 Å². The quantitative estimate of drug-likeness (QED) is 0.898. The zero-order chi connectivity index (χ0) is 14.0. The Morgan fingerprint density at radius 1 is 1.47 bits per heavy atom. The van der Waals surface area contributed by atoms with Gasteiger partial charge >= 0.3 is 0 Å². The molecule has 0 spiro atoms. The zero-order valence-corrected chi connectivity index (χ0v) is 11.1. The van der Waals surface area contributed by atoms with Crippen LogP contribution in [0.3, 0.4) is 0 Å². The molecule has 1 aliphatic rings. The van der Waals surface area contributed by atoms with Gasteiger partial charge < -0.3 is 14.7 Å². The second kappa shape index (κ2) is 5.17. The van der Waals surface area contributed by atoms with Crippen molar-refractivity contribution < 1.29 is 19.0 Å². The first kappa shape index (κ1) is 13.8. The van der Waals surface area contributed by atoms with Crippen LogP contribution in [0.5, 0.6) is 5.75 Å². The maximum absolute atomic E-state index is 13.3. The number of hydrogen-bond acceptors (Lipinski definition) is 3. The van der Waals surface area contributed by atoms with Gasteiger partial charge in [0.2, 0.25) is 0 Å². The topological polar surface area (TPSA) is 49.8 Å². The Morgan fingerprint density at radius 2 is 2.11 bits per heavy atom. The Balaban J connectivity index is 1.83. The van der Waals surface area contributed by atoms with Gasteiger partial charge in [-0.15, -0.1) is 0 Å². The molecule has 0 radical (unpaired) electrons. The summed E-state index contributed by atoms with van der Waals surface area (Å²) in [5, 5.41) is 10.0. The van der Waals surface area contributed by atoms with E-state index in [2.05, 4.69) is 0 Å². The number of carbonyl (C=O) groups is 1. The third-order valence-electron chi connectivity index (χ3n) is 3.54. The molecule has 1 aromatic rings. The standard InChI is InChI=1S/C14H18FNO3/c1-10(2)14(18)8-16(9-14)13(17)7-19-12-6-4-3-5-11(12)15/h3-6,10,18H,7-9H2,1-2H3. The molecule has 0 bridgehead atoms. The number of aliphatic hydroxyl groups is 1. The monoisotopic (exact) mass is 267 g/mol. The van der Waals surface area contributed by atoms with Crippen molar-refractivity contribution in [2.24, 2.45) is 5.92 Å². The van der Waals surface area contributed by atoms with Crippen molar-refractivity contribution >= 4 is 5.91 Å². The van der Waals surface area contributed by atoms with E-state index in [1.54, 1.807) is 12.1 Å². The highest BCUT2D eigenvalue weighted by molar-refractivity contribution is 5.79. The summed E-state index contributed by atoms with van der Waals surface area (Å²) in [5.74, 6) is -0.564. The molecule has 2 rings (SSSR count). The van der Waals surface area contributed by atoms with Crippen LogP contribution in [0.4, 0.5) is 4.39 Å². The molecule has 104 valence electrons. The van der Waals surface area contributed by atoms with Crippen LogP contribution in [0.1, 0.15) is 13.8 Å². The number of amides is 1. The maximum atomic E-state index is 13.3. The molecule has 1 N–H and O–H groups in total. The minimum atomic E-state index is -0.798. The number of nitrogens with zero attached hydrogens (tertiary/aromatic N) is 1. The van der Waals surface area contributed by atoms with E-state index in [1.165, 1.54) is 17.0 Å². The number of rotatable bonds is 4. The maximum Gasteiger partial charge on any atom is 0.260 e. The lowest BCUT2D eigenvalue weighted by Gasteiger charge is -2.48. The van der Waals surface area contributed by atoms with Gasteiger partial charge in [0, 0.05) is 0 Å². The largest absolute Gasteiger partial charge is 0.481 e. The normalized spacial score (nSPS) is 17.2. The minimum absolute atomic E-state index is 0.0653. The van der Waals surface area contributed by atoms with Gasteiger partial charge in [0.05, 0.1) is 13.1 Å². The summed E-state index contributed by atoms with van der Waals surface area (Å²) >= 11 is 0. The molecule has 1 heterocycles. The fourth-order valence-corrected chi connectivity index (χ4v) is 1.95. The second-order valence-corrected chi connectivity index (χ2v) is 5.23. The molecule has 1 aromatic carbocycles. The van der Waals surface area contributed by atoms with Crippen LogP contribution in [-0.2, 0) is 4.79 Å². The van der Waals surface area contributed by atoms with E-state index in [0.29, 0.717) is 13.1 Å². The molecule has 1 aliphatic heterocycles. The predicted octanol–water partition coefficient (Wildman–Crippen LogP) is 1.43. The molecule has 0 aromatic heterocycles. The summed E-state index contributed by atoms with van der Waals surface area (Å²) in [7, 11) is 0. The van der Waals surface area contributed by atoms with Gasteiger partial charge in [-0.1, -0.05) is 26.0 Å². The molecule has 0 atom stereocenters. The predicted molar refractivity (Wildman–Crippen MR) is 68.3 cm³/mol. The number of likely N-dealkylation sites (tertiary alicyclic amines) is 1. The Labute approximate surface area is 111 Å². The van der Waals surface area contributed by atoms with Crippen molar-refractivity contribution in [3.05, 3.63) is 30.1 Å². The van der Waals surface area contributed by atoms with E-state index < -0.39 is 11.4 Å². The lowest BCUT2D eigenvalue weighted by atomic mass is 9.83. The molecule has 1 saturated heterocycles. The average molecular weight is 267 g/mol. The van der Waals surface area contributed by atoms with Crippen LogP contribution in [-0.4, -0.2) is 41.2 Å². The zero-order valence-electron chi connectivity index (χ0n) is 11.1. The summed E-state index contributed by atoms with van der Waals surface area (Å²) in [4.78, 5) is 13.3. The van der Waals surface area contributed by atoms with Crippen LogP contribution < -0.4 is 4.74 Å².